The third-order valence-electron chi connectivity index (χ3n) is 9.25. The molecule has 0 aromatic heterocycles. The van der Waals surface area contributed by atoms with E-state index in [4.69, 9.17) is 0 Å². The summed E-state index contributed by atoms with van der Waals surface area (Å²) in [6, 6.07) is 24.3. The summed E-state index contributed by atoms with van der Waals surface area (Å²) in [5.74, 6) is 0.662. The second-order valence-corrected chi connectivity index (χ2v) is 11.1. The maximum atomic E-state index is 2.55. The third-order valence-corrected chi connectivity index (χ3v) is 9.25. The monoisotopic (exact) mass is 420 g/mol. The first-order valence-electron chi connectivity index (χ1n) is 12.9. The van der Waals surface area contributed by atoms with Gasteiger partial charge in [-0.05, 0) is 91.7 Å². The van der Waals surface area contributed by atoms with Crippen LogP contribution in [0.1, 0.15) is 91.2 Å². The fourth-order valence-electron chi connectivity index (χ4n) is 7.83. The van der Waals surface area contributed by atoms with E-state index in [0.717, 1.165) is 0 Å². The molecule has 164 valence electrons. The topological polar surface area (TPSA) is 0 Å². The minimum absolute atomic E-state index is 0.306. The molecule has 0 radical (unpaired) electrons. The molecule has 3 aliphatic carbocycles. The van der Waals surface area contributed by atoms with Crippen LogP contribution in [-0.2, 0) is 17.3 Å². The SMILES string of the molecule is CCCCc1ccc(C2C[C@]34CCC[C@@]3(C2)c2cc(C)ccc2-c2ccc(C)cc24)cc1. The summed E-state index contributed by atoms with van der Waals surface area (Å²) in [6.45, 7) is 6.84. The molecular formula is C32H36. The van der Waals surface area contributed by atoms with Crippen LogP contribution in [0.3, 0.4) is 0 Å². The van der Waals surface area contributed by atoms with Crippen LogP contribution in [0, 0.1) is 13.8 Å². The molecule has 1 unspecified atom stereocenters. The normalized spacial score (nSPS) is 27.5. The van der Waals surface area contributed by atoms with Gasteiger partial charge in [-0.3, -0.25) is 0 Å². The molecule has 3 aromatic rings. The van der Waals surface area contributed by atoms with Gasteiger partial charge in [-0.25, -0.2) is 0 Å². The molecule has 0 N–H and O–H groups in total. The van der Waals surface area contributed by atoms with Gasteiger partial charge in [0.15, 0.2) is 0 Å². The van der Waals surface area contributed by atoms with Crippen molar-refractivity contribution in [3.05, 3.63) is 94.0 Å². The van der Waals surface area contributed by atoms with Gasteiger partial charge in [-0.15, -0.1) is 0 Å². The van der Waals surface area contributed by atoms with E-state index >= 15 is 0 Å². The zero-order valence-corrected chi connectivity index (χ0v) is 20.0. The number of benzene rings is 3. The second kappa shape index (κ2) is 7.34. The van der Waals surface area contributed by atoms with Crippen molar-refractivity contribution in [3.63, 3.8) is 0 Å². The Morgan fingerprint density at radius 3 is 1.84 bits per heavy atom. The van der Waals surface area contributed by atoms with Crippen molar-refractivity contribution >= 4 is 0 Å². The second-order valence-electron chi connectivity index (χ2n) is 11.1. The number of hydrogen-bond donors (Lipinski definition) is 0. The molecular weight excluding hydrogens is 384 g/mol. The van der Waals surface area contributed by atoms with E-state index in [2.05, 4.69) is 81.4 Å². The van der Waals surface area contributed by atoms with Gasteiger partial charge in [0.2, 0.25) is 0 Å². The van der Waals surface area contributed by atoms with Crippen LogP contribution in [0.2, 0.25) is 0 Å². The molecule has 0 heteroatoms. The average molecular weight is 421 g/mol. The lowest BCUT2D eigenvalue weighted by atomic mass is 9.55. The zero-order chi connectivity index (χ0) is 21.9. The van der Waals surface area contributed by atoms with Gasteiger partial charge < -0.3 is 0 Å². The summed E-state index contributed by atoms with van der Waals surface area (Å²) in [7, 11) is 0. The van der Waals surface area contributed by atoms with E-state index in [1.165, 1.54) is 79.2 Å². The number of aryl methyl sites for hydroxylation is 3. The Morgan fingerprint density at radius 1 is 0.750 bits per heavy atom. The summed E-state index contributed by atoms with van der Waals surface area (Å²) >= 11 is 0. The van der Waals surface area contributed by atoms with Crippen LogP contribution >= 0.6 is 0 Å². The fraction of sp³-hybridized carbons (Fsp3) is 0.438. The van der Waals surface area contributed by atoms with Crippen molar-refractivity contribution in [2.24, 2.45) is 0 Å². The van der Waals surface area contributed by atoms with Gasteiger partial charge >= 0.3 is 0 Å². The number of rotatable bonds is 4. The molecule has 0 heterocycles. The third kappa shape index (κ3) is 2.74. The summed E-state index contributed by atoms with van der Waals surface area (Å²) in [4.78, 5) is 0. The summed E-state index contributed by atoms with van der Waals surface area (Å²) in [5, 5.41) is 0. The first-order chi connectivity index (χ1) is 15.6. The van der Waals surface area contributed by atoms with Crippen molar-refractivity contribution < 1.29 is 0 Å². The average Bonchev–Trinajstić information content (AvgIpc) is 3.34. The Balaban J connectivity index is 1.49. The van der Waals surface area contributed by atoms with E-state index in [1.54, 1.807) is 16.7 Å². The van der Waals surface area contributed by atoms with Gasteiger partial charge in [0.1, 0.15) is 0 Å². The van der Waals surface area contributed by atoms with E-state index in [-0.39, 0.29) is 0 Å². The van der Waals surface area contributed by atoms with Crippen LogP contribution in [0.5, 0.6) is 0 Å². The van der Waals surface area contributed by atoms with Gasteiger partial charge in [-0.2, -0.15) is 0 Å². The Labute approximate surface area is 194 Å². The highest BCUT2D eigenvalue weighted by molar-refractivity contribution is 5.79. The van der Waals surface area contributed by atoms with E-state index in [1.807, 2.05) is 0 Å². The van der Waals surface area contributed by atoms with Crippen LogP contribution in [0.25, 0.3) is 11.1 Å². The first-order valence-corrected chi connectivity index (χ1v) is 12.9. The lowest BCUT2D eigenvalue weighted by Gasteiger charge is -2.48. The molecule has 3 atom stereocenters. The fourth-order valence-corrected chi connectivity index (χ4v) is 7.83. The largest absolute Gasteiger partial charge is 0.0654 e. The van der Waals surface area contributed by atoms with Crippen LogP contribution in [0.15, 0.2) is 60.7 Å². The predicted octanol–water partition coefficient (Wildman–Crippen LogP) is 8.56. The Kier molecular flexibility index (Phi) is 4.65. The Hall–Kier alpha value is -2.34. The van der Waals surface area contributed by atoms with Gasteiger partial charge in [-0.1, -0.05) is 91.6 Å². The molecule has 2 saturated carbocycles. The molecule has 32 heavy (non-hydrogen) atoms. The molecule has 0 bridgehead atoms. The quantitative estimate of drug-likeness (QED) is 0.396. The molecule has 0 spiro atoms. The van der Waals surface area contributed by atoms with Gasteiger partial charge in [0, 0.05) is 10.8 Å². The lowest BCUT2D eigenvalue weighted by Crippen LogP contribution is -2.43. The van der Waals surface area contributed by atoms with Crippen molar-refractivity contribution in [1.29, 1.82) is 0 Å². The van der Waals surface area contributed by atoms with Crippen molar-refractivity contribution in [2.45, 2.75) is 88.9 Å². The molecule has 0 nitrogen and oxygen atoms in total. The Morgan fingerprint density at radius 2 is 1.31 bits per heavy atom. The van der Waals surface area contributed by atoms with Crippen LogP contribution in [0.4, 0.5) is 0 Å². The highest BCUT2D eigenvalue weighted by Crippen LogP contribution is 2.71. The number of fused-ring (bicyclic) bond motifs is 3. The maximum absolute atomic E-state index is 2.55. The molecule has 2 fully saturated rings. The highest BCUT2D eigenvalue weighted by atomic mass is 14.7. The standard InChI is InChI=1S/C32H36/c1-4-5-7-24-10-12-25(13-11-24)26-20-31-16-6-17-32(31,21-26)30-19-23(3)9-15-28(30)27-14-8-22(2)18-29(27)31/h8-15,18-19,26H,4-7,16-17,20-21H2,1-3H3/t26?,31-,32+. The number of unbranched alkanes of at least 4 members (excludes halogenated alkanes) is 1. The van der Waals surface area contributed by atoms with Gasteiger partial charge in [0.05, 0.1) is 0 Å². The molecule has 3 aromatic carbocycles. The smallest absolute Gasteiger partial charge is 0.00623 e. The number of hydrogen-bond acceptors (Lipinski definition) is 0. The molecule has 0 saturated heterocycles. The van der Waals surface area contributed by atoms with E-state index in [9.17, 15) is 0 Å². The van der Waals surface area contributed by atoms with E-state index in [0.29, 0.717) is 16.7 Å². The van der Waals surface area contributed by atoms with Crippen molar-refractivity contribution in [1.82, 2.24) is 0 Å². The van der Waals surface area contributed by atoms with E-state index < -0.39 is 0 Å². The van der Waals surface area contributed by atoms with Gasteiger partial charge in [0.25, 0.3) is 0 Å². The summed E-state index contributed by atoms with van der Waals surface area (Å²) < 4.78 is 0. The molecule has 3 aliphatic rings. The molecule has 0 amide bonds. The minimum Gasteiger partial charge on any atom is -0.0654 e. The zero-order valence-electron chi connectivity index (χ0n) is 20.0. The highest BCUT2D eigenvalue weighted by Gasteiger charge is 2.64. The van der Waals surface area contributed by atoms with Crippen molar-refractivity contribution in [2.75, 3.05) is 0 Å². The Bertz CT molecular complexity index is 1100. The predicted molar refractivity (Wildman–Crippen MR) is 136 cm³/mol. The summed E-state index contributed by atoms with van der Waals surface area (Å²) in [6.07, 6.45) is 10.5. The maximum Gasteiger partial charge on any atom is 0.00623 e. The summed E-state index contributed by atoms with van der Waals surface area (Å²) in [5.41, 5.74) is 12.9. The molecule has 6 rings (SSSR count). The molecule has 0 aliphatic heterocycles. The van der Waals surface area contributed by atoms with Crippen LogP contribution in [-0.4, -0.2) is 0 Å². The van der Waals surface area contributed by atoms with Crippen LogP contribution < -0.4 is 0 Å². The van der Waals surface area contributed by atoms with Crippen molar-refractivity contribution in [3.8, 4) is 11.1 Å². The lowest BCUT2D eigenvalue weighted by molar-refractivity contribution is 0.299. The first kappa shape index (κ1) is 20.3. The minimum atomic E-state index is 0.306.